The van der Waals surface area contributed by atoms with Crippen molar-refractivity contribution in [1.29, 1.82) is 0 Å². The number of sulfone groups is 1. The first kappa shape index (κ1) is 26.8. The summed E-state index contributed by atoms with van der Waals surface area (Å²) in [5.74, 6) is 0. The highest BCUT2D eigenvalue weighted by molar-refractivity contribution is 8.00. The van der Waals surface area contributed by atoms with Crippen molar-refractivity contribution in [2.24, 2.45) is 0 Å². The van der Waals surface area contributed by atoms with Gasteiger partial charge in [-0.15, -0.1) is 11.8 Å². The van der Waals surface area contributed by atoms with Crippen molar-refractivity contribution in [1.82, 2.24) is 0 Å². The lowest BCUT2D eigenvalue weighted by molar-refractivity contribution is 0.480. The smallest absolute Gasteiger partial charge is 0.282 e. The number of benzene rings is 4. The summed E-state index contributed by atoms with van der Waals surface area (Å²) in [4.78, 5) is 3.32. The first-order chi connectivity index (χ1) is 17.1. The van der Waals surface area contributed by atoms with Crippen molar-refractivity contribution >= 4 is 55.2 Å². The molecule has 5 nitrogen and oxygen atoms in total. The Balaban J connectivity index is 1.62. The Hall–Kier alpha value is -2.21. The van der Waals surface area contributed by atoms with E-state index in [0.717, 1.165) is 43.0 Å². The van der Waals surface area contributed by atoms with E-state index in [9.17, 15) is 21.4 Å². The molecule has 10 heteroatoms. The van der Waals surface area contributed by atoms with Crippen molar-refractivity contribution in [2.75, 3.05) is 6.26 Å². The van der Waals surface area contributed by atoms with Crippen LogP contribution in [0, 0.1) is 6.92 Å². The molecule has 0 saturated carbocycles. The number of rotatable bonds is 8. The molecule has 4 aromatic carbocycles. The van der Waals surface area contributed by atoms with Gasteiger partial charge in [0.2, 0.25) is 9.84 Å². The molecule has 0 unspecified atom stereocenters. The van der Waals surface area contributed by atoms with Crippen molar-refractivity contribution in [3.05, 3.63) is 96.6 Å². The van der Waals surface area contributed by atoms with Crippen LogP contribution < -0.4 is 0 Å². The van der Waals surface area contributed by atoms with Gasteiger partial charge in [-0.1, -0.05) is 41.2 Å². The van der Waals surface area contributed by atoms with Gasteiger partial charge in [0.05, 0.1) is 9.79 Å². The Morgan fingerprint density at radius 1 is 0.611 bits per heavy atom. The van der Waals surface area contributed by atoms with E-state index in [2.05, 4.69) is 0 Å². The second kappa shape index (κ2) is 11.0. The van der Waals surface area contributed by atoms with Gasteiger partial charge in [0.25, 0.3) is 10.1 Å². The number of hydrogen-bond acceptors (Lipinski definition) is 7. The Morgan fingerprint density at radius 2 is 1.08 bits per heavy atom. The Kier molecular flexibility index (Phi) is 8.23. The normalized spacial score (nSPS) is 12.0. The molecule has 0 spiro atoms. The molecule has 0 aliphatic rings. The highest BCUT2D eigenvalue weighted by Crippen LogP contribution is 2.36. The highest BCUT2D eigenvalue weighted by atomic mass is 32.2. The summed E-state index contributed by atoms with van der Waals surface area (Å²) >= 11 is 4.23. The number of thioether (sulfide) groups is 1. The van der Waals surface area contributed by atoms with E-state index in [-0.39, 0.29) is 14.7 Å². The molecule has 0 aromatic heterocycles. The molecule has 0 amide bonds. The minimum Gasteiger partial charge on any atom is -0.282 e. The summed E-state index contributed by atoms with van der Waals surface area (Å²) in [6.45, 7) is 2.01. The van der Waals surface area contributed by atoms with Crippen LogP contribution in [-0.4, -0.2) is 27.6 Å². The van der Waals surface area contributed by atoms with Gasteiger partial charge in [-0.25, -0.2) is 8.42 Å². The summed E-state index contributed by atoms with van der Waals surface area (Å²) in [6.07, 6.45) is 1.95. The van der Waals surface area contributed by atoms with E-state index in [1.54, 1.807) is 23.9 Å². The predicted octanol–water partition coefficient (Wildman–Crippen LogP) is 7.10. The van der Waals surface area contributed by atoms with Gasteiger partial charge in [0, 0.05) is 24.5 Å². The van der Waals surface area contributed by atoms with Crippen LogP contribution in [0.25, 0.3) is 0 Å². The van der Waals surface area contributed by atoms with E-state index in [1.165, 1.54) is 36.0 Å². The molecule has 0 atom stereocenters. The maximum Gasteiger partial charge on any atom is 0.295 e. The zero-order valence-corrected chi connectivity index (χ0v) is 23.4. The summed E-state index contributed by atoms with van der Waals surface area (Å²) in [5.41, 5.74) is 1.16. The van der Waals surface area contributed by atoms with Gasteiger partial charge in [-0.2, -0.15) is 8.42 Å². The Bertz CT molecular complexity index is 1580. The molecule has 0 radical (unpaired) electrons. The maximum absolute atomic E-state index is 13.3. The van der Waals surface area contributed by atoms with Crippen LogP contribution in [0.4, 0.5) is 0 Å². The SMILES string of the molecule is CSc1ccc(Sc2ccc(S(=O)(=O)c3ccc(Sc4ccc(C)cc4)cc3)cc2S(=O)(=O)O)cc1. The highest BCUT2D eigenvalue weighted by Gasteiger charge is 2.24. The van der Waals surface area contributed by atoms with Crippen LogP contribution in [-0.2, 0) is 20.0 Å². The second-order valence-electron chi connectivity index (χ2n) is 7.75. The Labute approximate surface area is 224 Å². The topological polar surface area (TPSA) is 88.5 Å². The van der Waals surface area contributed by atoms with Gasteiger partial charge < -0.3 is 0 Å². The molecule has 4 aromatic rings. The summed E-state index contributed by atoms with van der Waals surface area (Å²) in [5, 5.41) is 0. The third-order valence-electron chi connectivity index (χ3n) is 5.18. The molecular formula is C26H22O5S5. The van der Waals surface area contributed by atoms with Crippen molar-refractivity contribution < 1.29 is 21.4 Å². The zero-order valence-electron chi connectivity index (χ0n) is 19.3. The fourth-order valence-corrected chi connectivity index (χ4v) is 7.72. The van der Waals surface area contributed by atoms with E-state index in [1.807, 2.05) is 61.7 Å². The third-order valence-corrected chi connectivity index (χ3v) is 10.8. The van der Waals surface area contributed by atoms with Crippen molar-refractivity contribution in [3.63, 3.8) is 0 Å². The molecule has 1 N–H and O–H groups in total. The van der Waals surface area contributed by atoms with Gasteiger partial charge in [0.15, 0.2) is 0 Å². The minimum absolute atomic E-state index is 0.0325. The van der Waals surface area contributed by atoms with Gasteiger partial charge in [-0.3, -0.25) is 4.55 Å². The van der Waals surface area contributed by atoms with Gasteiger partial charge in [0.1, 0.15) is 4.90 Å². The van der Waals surface area contributed by atoms with Crippen LogP contribution >= 0.6 is 35.3 Å². The first-order valence-corrected chi connectivity index (χ1v) is 16.4. The van der Waals surface area contributed by atoms with E-state index < -0.39 is 24.9 Å². The van der Waals surface area contributed by atoms with E-state index in [4.69, 9.17) is 0 Å². The largest absolute Gasteiger partial charge is 0.295 e. The summed E-state index contributed by atoms with van der Waals surface area (Å²) in [7, 11) is -8.68. The van der Waals surface area contributed by atoms with E-state index in [0.29, 0.717) is 0 Å². The fourth-order valence-electron chi connectivity index (χ4n) is 3.28. The molecule has 36 heavy (non-hydrogen) atoms. The van der Waals surface area contributed by atoms with Crippen LogP contribution in [0.1, 0.15) is 5.56 Å². The molecular weight excluding hydrogens is 553 g/mol. The van der Waals surface area contributed by atoms with Crippen molar-refractivity contribution in [3.8, 4) is 0 Å². The van der Waals surface area contributed by atoms with Gasteiger partial charge in [-0.05, 0) is 92.0 Å². The van der Waals surface area contributed by atoms with Gasteiger partial charge >= 0.3 is 0 Å². The van der Waals surface area contributed by atoms with Crippen LogP contribution in [0.15, 0.2) is 130 Å². The van der Waals surface area contributed by atoms with E-state index >= 15 is 0 Å². The number of aryl methyl sites for hydroxylation is 1. The quantitative estimate of drug-likeness (QED) is 0.176. The molecule has 186 valence electrons. The monoisotopic (exact) mass is 574 g/mol. The lowest BCUT2D eigenvalue weighted by Crippen LogP contribution is -2.06. The lowest BCUT2D eigenvalue weighted by Gasteiger charge is -2.11. The van der Waals surface area contributed by atoms with Crippen LogP contribution in [0.5, 0.6) is 0 Å². The minimum atomic E-state index is -4.67. The maximum atomic E-state index is 13.3. The van der Waals surface area contributed by atoms with Crippen LogP contribution in [0.2, 0.25) is 0 Å². The average molecular weight is 575 g/mol. The molecule has 0 bridgehead atoms. The Morgan fingerprint density at radius 3 is 1.64 bits per heavy atom. The zero-order chi connectivity index (χ0) is 25.9. The molecule has 0 aliphatic heterocycles. The summed E-state index contributed by atoms with van der Waals surface area (Å²) in [6, 6.07) is 25.7. The average Bonchev–Trinajstić information content (AvgIpc) is 2.86. The number of hydrogen-bond donors (Lipinski definition) is 1. The summed E-state index contributed by atoms with van der Waals surface area (Å²) < 4.78 is 60.7. The molecule has 0 aliphatic carbocycles. The fraction of sp³-hybridized carbons (Fsp3) is 0.0769. The standard InChI is InChI=1S/C26H22O5S5/c1-18-3-5-20(6-4-18)33-21-11-13-23(14-12-21)35(27,28)24-15-16-25(26(17-24)36(29,30)31)34-22-9-7-19(32-2)8-10-22/h3-17H,1-2H3,(H,29,30,31). The lowest BCUT2D eigenvalue weighted by atomic mass is 10.2. The van der Waals surface area contributed by atoms with Crippen LogP contribution in [0.3, 0.4) is 0 Å². The predicted molar refractivity (Wildman–Crippen MR) is 146 cm³/mol. The first-order valence-electron chi connectivity index (χ1n) is 10.6. The second-order valence-corrected chi connectivity index (χ2v) is 14.2. The molecule has 0 heterocycles. The molecule has 0 fully saturated rings. The molecule has 0 saturated heterocycles. The third kappa shape index (κ3) is 6.37. The van der Waals surface area contributed by atoms with Crippen molar-refractivity contribution in [2.45, 2.75) is 46.1 Å². The molecule has 4 rings (SSSR count).